The SMILES string of the molecule is CCOC(=O)CO[C@@H]1CC[C@H](n2cnc3c(N)ncnc32)C1. The van der Waals surface area contributed by atoms with Crippen molar-refractivity contribution in [1.82, 2.24) is 19.5 Å². The van der Waals surface area contributed by atoms with E-state index in [9.17, 15) is 4.79 Å². The molecule has 118 valence electrons. The molecule has 0 radical (unpaired) electrons. The second kappa shape index (κ2) is 6.27. The molecule has 0 saturated heterocycles. The lowest BCUT2D eigenvalue weighted by Crippen LogP contribution is -2.18. The number of carbonyl (C=O) groups excluding carboxylic acids is 1. The van der Waals surface area contributed by atoms with Gasteiger partial charge in [0, 0.05) is 6.04 Å². The van der Waals surface area contributed by atoms with Crippen molar-refractivity contribution in [3.8, 4) is 0 Å². The molecule has 0 bridgehead atoms. The highest BCUT2D eigenvalue weighted by Gasteiger charge is 2.28. The zero-order valence-corrected chi connectivity index (χ0v) is 12.4. The number of ether oxygens (including phenoxy) is 2. The van der Waals surface area contributed by atoms with Crippen molar-refractivity contribution < 1.29 is 14.3 Å². The molecule has 2 atom stereocenters. The van der Waals surface area contributed by atoms with Crippen LogP contribution in [0.2, 0.25) is 0 Å². The quantitative estimate of drug-likeness (QED) is 0.824. The third kappa shape index (κ3) is 2.87. The minimum Gasteiger partial charge on any atom is -0.464 e. The smallest absolute Gasteiger partial charge is 0.332 e. The van der Waals surface area contributed by atoms with E-state index < -0.39 is 0 Å². The fourth-order valence-electron chi connectivity index (χ4n) is 2.85. The second-order valence-corrected chi connectivity index (χ2v) is 5.29. The summed E-state index contributed by atoms with van der Waals surface area (Å²) in [5.74, 6) is 0.0661. The van der Waals surface area contributed by atoms with Crippen molar-refractivity contribution in [3.05, 3.63) is 12.7 Å². The third-order valence-corrected chi connectivity index (χ3v) is 3.88. The van der Waals surface area contributed by atoms with Gasteiger partial charge in [0.05, 0.1) is 19.0 Å². The van der Waals surface area contributed by atoms with Crippen LogP contribution in [0.15, 0.2) is 12.7 Å². The molecule has 2 N–H and O–H groups in total. The molecule has 22 heavy (non-hydrogen) atoms. The van der Waals surface area contributed by atoms with Gasteiger partial charge in [-0.05, 0) is 26.2 Å². The van der Waals surface area contributed by atoms with E-state index in [2.05, 4.69) is 15.0 Å². The van der Waals surface area contributed by atoms with Crippen molar-refractivity contribution in [2.45, 2.75) is 38.3 Å². The van der Waals surface area contributed by atoms with Crippen molar-refractivity contribution in [2.24, 2.45) is 0 Å². The maximum atomic E-state index is 11.3. The Kier molecular flexibility index (Phi) is 4.19. The van der Waals surface area contributed by atoms with Gasteiger partial charge in [-0.1, -0.05) is 0 Å². The summed E-state index contributed by atoms with van der Waals surface area (Å²) in [6, 6.07) is 0.242. The number of nitrogens with zero attached hydrogens (tertiary/aromatic N) is 4. The first-order valence-corrected chi connectivity index (χ1v) is 7.39. The molecule has 8 heteroatoms. The number of hydrogen-bond donors (Lipinski definition) is 1. The Morgan fingerprint density at radius 2 is 2.27 bits per heavy atom. The molecule has 0 spiro atoms. The predicted molar refractivity (Wildman–Crippen MR) is 79.0 cm³/mol. The lowest BCUT2D eigenvalue weighted by molar-refractivity contribution is -0.150. The van der Waals surface area contributed by atoms with Gasteiger partial charge in [-0.25, -0.2) is 19.7 Å². The van der Waals surface area contributed by atoms with E-state index in [0.717, 1.165) is 24.9 Å². The van der Waals surface area contributed by atoms with Gasteiger partial charge in [-0.3, -0.25) is 0 Å². The number of nitrogen functional groups attached to an aromatic ring is 1. The maximum Gasteiger partial charge on any atom is 0.332 e. The standard InChI is InChI=1S/C14H19N5O3/c1-2-21-11(20)6-22-10-4-3-9(5-10)19-8-18-12-13(15)16-7-17-14(12)19/h7-10H,2-6H2,1H3,(H2,15,16,17)/t9-,10+/m0/s1. The van der Waals surface area contributed by atoms with Gasteiger partial charge < -0.3 is 19.8 Å². The average Bonchev–Trinajstić information content (AvgIpc) is 3.12. The van der Waals surface area contributed by atoms with Crippen LogP contribution >= 0.6 is 0 Å². The van der Waals surface area contributed by atoms with Crippen LogP contribution in [-0.2, 0) is 14.3 Å². The number of imidazole rings is 1. The van der Waals surface area contributed by atoms with Crippen LogP contribution in [0, 0.1) is 0 Å². The second-order valence-electron chi connectivity index (χ2n) is 5.29. The summed E-state index contributed by atoms with van der Waals surface area (Å²) < 4.78 is 12.5. The first kappa shape index (κ1) is 14.7. The Hall–Kier alpha value is -2.22. The Bertz CT molecular complexity index is 672. The minimum absolute atomic E-state index is 0.00498. The first-order valence-electron chi connectivity index (χ1n) is 7.39. The number of esters is 1. The van der Waals surface area contributed by atoms with Crippen LogP contribution in [0.25, 0.3) is 11.2 Å². The molecule has 0 amide bonds. The number of aromatic nitrogens is 4. The number of carbonyl (C=O) groups is 1. The number of rotatable bonds is 5. The molecule has 1 fully saturated rings. The summed E-state index contributed by atoms with van der Waals surface area (Å²) in [6.45, 7) is 2.16. The van der Waals surface area contributed by atoms with Crippen molar-refractivity contribution in [1.29, 1.82) is 0 Å². The number of nitrogens with two attached hydrogens (primary N) is 1. The van der Waals surface area contributed by atoms with Gasteiger partial charge in [0.1, 0.15) is 18.5 Å². The zero-order valence-electron chi connectivity index (χ0n) is 12.4. The van der Waals surface area contributed by atoms with Crippen LogP contribution in [0.1, 0.15) is 32.2 Å². The fraction of sp³-hybridized carbons (Fsp3) is 0.571. The minimum atomic E-state index is -0.320. The van der Waals surface area contributed by atoms with E-state index in [1.807, 2.05) is 4.57 Å². The van der Waals surface area contributed by atoms with E-state index in [4.69, 9.17) is 15.2 Å². The molecule has 0 aliphatic heterocycles. The molecule has 1 saturated carbocycles. The van der Waals surface area contributed by atoms with Crippen LogP contribution in [0.4, 0.5) is 5.82 Å². The topological polar surface area (TPSA) is 105 Å². The highest BCUT2D eigenvalue weighted by molar-refractivity contribution is 5.81. The van der Waals surface area contributed by atoms with E-state index in [0.29, 0.717) is 17.9 Å². The van der Waals surface area contributed by atoms with Crippen molar-refractivity contribution in [3.63, 3.8) is 0 Å². The summed E-state index contributed by atoms with van der Waals surface area (Å²) in [4.78, 5) is 23.8. The number of anilines is 1. The molecule has 2 aromatic heterocycles. The Labute approximate surface area is 127 Å². The van der Waals surface area contributed by atoms with Gasteiger partial charge in [0.2, 0.25) is 0 Å². The average molecular weight is 305 g/mol. The lowest BCUT2D eigenvalue weighted by atomic mass is 10.2. The molecule has 0 unspecified atom stereocenters. The third-order valence-electron chi connectivity index (χ3n) is 3.88. The molecule has 1 aliphatic carbocycles. The molecule has 1 aliphatic rings. The Balaban J connectivity index is 1.64. The monoisotopic (exact) mass is 305 g/mol. The Morgan fingerprint density at radius 1 is 1.41 bits per heavy atom. The normalized spacial score (nSPS) is 21.3. The molecular formula is C14H19N5O3. The van der Waals surface area contributed by atoms with E-state index >= 15 is 0 Å². The Morgan fingerprint density at radius 3 is 3.09 bits per heavy atom. The maximum absolute atomic E-state index is 11.3. The largest absolute Gasteiger partial charge is 0.464 e. The highest BCUT2D eigenvalue weighted by Crippen LogP contribution is 2.33. The van der Waals surface area contributed by atoms with Crippen molar-refractivity contribution in [2.75, 3.05) is 18.9 Å². The van der Waals surface area contributed by atoms with E-state index in [1.54, 1.807) is 13.3 Å². The first-order chi connectivity index (χ1) is 10.7. The summed E-state index contributed by atoms with van der Waals surface area (Å²) in [6.07, 6.45) is 5.89. The van der Waals surface area contributed by atoms with Crippen LogP contribution < -0.4 is 5.73 Å². The molecular weight excluding hydrogens is 286 g/mol. The summed E-state index contributed by atoms with van der Waals surface area (Å²) in [5, 5.41) is 0. The summed E-state index contributed by atoms with van der Waals surface area (Å²) in [7, 11) is 0. The van der Waals surface area contributed by atoms with Crippen LogP contribution in [0.3, 0.4) is 0 Å². The predicted octanol–water partition coefficient (Wildman–Crippen LogP) is 1.08. The molecule has 0 aromatic carbocycles. The van der Waals surface area contributed by atoms with Gasteiger partial charge in [-0.2, -0.15) is 0 Å². The van der Waals surface area contributed by atoms with Gasteiger partial charge >= 0.3 is 5.97 Å². The van der Waals surface area contributed by atoms with Gasteiger partial charge in [0.15, 0.2) is 11.5 Å². The highest BCUT2D eigenvalue weighted by atomic mass is 16.6. The molecule has 2 aromatic rings. The van der Waals surface area contributed by atoms with Crippen LogP contribution in [0.5, 0.6) is 0 Å². The zero-order chi connectivity index (χ0) is 15.5. The fourth-order valence-corrected chi connectivity index (χ4v) is 2.85. The van der Waals surface area contributed by atoms with Crippen molar-refractivity contribution >= 4 is 23.0 Å². The number of hydrogen-bond acceptors (Lipinski definition) is 7. The summed E-state index contributed by atoms with van der Waals surface area (Å²) in [5.41, 5.74) is 7.16. The van der Waals surface area contributed by atoms with E-state index in [1.165, 1.54) is 6.33 Å². The lowest BCUT2D eigenvalue weighted by Gasteiger charge is -2.14. The molecule has 8 nitrogen and oxygen atoms in total. The molecule has 3 rings (SSSR count). The molecule has 2 heterocycles. The number of fused-ring (bicyclic) bond motifs is 1. The summed E-state index contributed by atoms with van der Waals surface area (Å²) >= 11 is 0. The van der Waals surface area contributed by atoms with Gasteiger partial charge in [0.25, 0.3) is 0 Å². The van der Waals surface area contributed by atoms with E-state index in [-0.39, 0.29) is 24.7 Å². The van der Waals surface area contributed by atoms with Gasteiger partial charge in [-0.15, -0.1) is 0 Å². The van der Waals surface area contributed by atoms with Crippen LogP contribution in [-0.4, -0.2) is 44.8 Å².